The van der Waals surface area contributed by atoms with Gasteiger partial charge in [-0.1, -0.05) is 25.3 Å². The van der Waals surface area contributed by atoms with E-state index < -0.39 is 0 Å². The molecule has 2 saturated heterocycles. The highest BCUT2D eigenvalue weighted by Crippen LogP contribution is 2.28. The number of halogens is 2. The summed E-state index contributed by atoms with van der Waals surface area (Å²) < 4.78 is 28.4. The predicted octanol–water partition coefficient (Wildman–Crippen LogP) is 1.36. The molecule has 4 atom stereocenters. The topological polar surface area (TPSA) is 8.88 Å². The van der Waals surface area contributed by atoms with Crippen molar-refractivity contribution in [3.05, 3.63) is 35.4 Å². The summed E-state index contributed by atoms with van der Waals surface area (Å²) in [6.07, 6.45) is 9.30. The van der Waals surface area contributed by atoms with Crippen molar-refractivity contribution in [3.8, 4) is 0 Å². The Morgan fingerprint density at radius 1 is 0.875 bits per heavy atom. The summed E-state index contributed by atoms with van der Waals surface area (Å²) in [6.45, 7) is 4.04. The van der Waals surface area contributed by atoms with Crippen molar-refractivity contribution < 1.29 is 18.6 Å². The van der Waals surface area contributed by atoms with Gasteiger partial charge in [-0.05, 0) is 25.0 Å². The molecule has 0 radical (unpaired) electrons. The minimum Gasteiger partial charge on any atom is -0.323 e. The molecule has 0 spiro atoms. The van der Waals surface area contributed by atoms with E-state index in [0.29, 0.717) is 24.2 Å². The third kappa shape index (κ3) is 3.11. The van der Waals surface area contributed by atoms with Gasteiger partial charge in [-0.25, -0.2) is 8.78 Å². The zero-order valence-electron chi connectivity index (χ0n) is 14.5. The van der Waals surface area contributed by atoms with Gasteiger partial charge in [0, 0.05) is 18.8 Å². The number of piperazine rings is 1. The maximum atomic E-state index is 14.2. The molecule has 2 aliphatic heterocycles. The van der Waals surface area contributed by atoms with Gasteiger partial charge < -0.3 is 9.80 Å². The fourth-order valence-corrected chi connectivity index (χ4v) is 5.74. The van der Waals surface area contributed by atoms with E-state index in [1.165, 1.54) is 81.1 Å². The van der Waals surface area contributed by atoms with E-state index in [-0.39, 0.29) is 11.6 Å². The van der Waals surface area contributed by atoms with Gasteiger partial charge >= 0.3 is 0 Å². The van der Waals surface area contributed by atoms with Crippen molar-refractivity contribution in [2.75, 3.05) is 19.6 Å². The van der Waals surface area contributed by atoms with Crippen LogP contribution in [0, 0.1) is 17.6 Å². The lowest BCUT2D eigenvalue weighted by atomic mass is 9.78. The van der Waals surface area contributed by atoms with Crippen LogP contribution in [0.15, 0.2) is 18.2 Å². The smallest absolute Gasteiger partial charge is 0.143 e. The maximum absolute atomic E-state index is 14.2. The maximum Gasteiger partial charge on any atom is 0.143 e. The van der Waals surface area contributed by atoms with Crippen molar-refractivity contribution in [1.82, 2.24) is 0 Å². The Labute approximate surface area is 143 Å². The second-order valence-electron chi connectivity index (χ2n) is 8.12. The van der Waals surface area contributed by atoms with Crippen LogP contribution in [-0.2, 0) is 6.54 Å². The van der Waals surface area contributed by atoms with Crippen LogP contribution < -0.4 is 9.80 Å². The predicted molar refractivity (Wildman–Crippen MR) is 90.0 cm³/mol. The number of quaternary nitrogens is 2. The third-order valence-corrected chi connectivity index (χ3v) is 6.83. The van der Waals surface area contributed by atoms with Crippen molar-refractivity contribution in [1.29, 1.82) is 0 Å². The second kappa shape index (κ2) is 7.09. The first-order chi connectivity index (χ1) is 11.7. The van der Waals surface area contributed by atoms with Gasteiger partial charge in [0.1, 0.15) is 43.4 Å². The van der Waals surface area contributed by atoms with Crippen LogP contribution in [0.4, 0.5) is 8.78 Å². The van der Waals surface area contributed by atoms with E-state index in [1.807, 2.05) is 0 Å². The molecule has 2 N–H and O–H groups in total. The van der Waals surface area contributed by atoms with Crippen molar-refractivity contribution in [2.24, 2.45) is 5.92 Å². The summed E-state index contributed by atoms with van der Waals surface area (Å²) in [4.78, 5) is 3.21. The SMILES string of the molecule is Fc1cccc(F)c1C[NH+]1CC[NH+]2CCC[C@@H]2[C@@H]1C1CCCCC1. The number of benzene rings is 1. The van der Waals surface area contributed by atoms with Gasteiger partial charge in [0.25, 0.3) is 0 Å². The first-order valence-electron chi connectivity index (χ1n) is 9.86. The van der Waals surface area contributed by atoms with Crippen LogP contribution in [0.25, 0.3) is 0 Å². The van der Waals surface area contributed by atoms with Gasteiger partial charge in [-0.15, -0.1) is 0 Å². The van der Waals surface area contributed by atoms with Crippen LogP contribution in [0.3, 0.4) is 0 Å². The van der Waals surface area contributed by atoms with Crippen LogP contribution in [0.1, 0.15) is 50.5 Å². The Morgan fingerprint density at radius 3 is 2.38 bits per heavy atom. The summed E-state index contributed by atoms with van der Waals surface area (Å²) in [5.41, 5.74) is 0.301. The quantitative estimate of drug-likeness (QED) is 0.825. The van der Waals surface area contributed by atoms with Crippen molar-refractivity contribution in [3.63, 3.8) is 0 Å². The molecule has 3 aliphatic rings. The molecule has 0 bridgehead atoms. The Kier molecular flexibility index (Phi) is 4.86. The number of rotatable bonds is 3. The monoisotopic (exact) mass is 336 g/mol. The van der Waals surface area contributed by atoms with E-state index in [2.05, 4.69) is 0 Å². The molecule has 1 saturated carbocycles. The zero-order chi connectivity index (χ0) is 16.5. The molecule has 0 amide bonds. The molecule has 3 fully saturated rings. The molecule has 132 valence electrons. The number of nitrogens with one attached hydrogen (secondary N) is 2. The van der Waals surface area contributed by atoms with Crippen LogP contribution >= 0.6 is 0 Å². The van der Waals surface area contributed by atoms with Crippen LogP contribution in [0.2, 0.25) is 0 Å². The van der Waals surface area contributed by atoms with E-state index in [1.54, 1.807) is 4.90 Å². The number of hydrogen-bond acceptors (Lipinski definition) is 0. The van der Waals surface area contributed by atoms with Crippen molar-refractivity contribution >= 4 is 0 Å². The number of hydrogen-bond donors (Lipinski definition) is 2. The first kappa shape index (κ1) is 16.5. The first-order valence-corrected chi connectivity index (χ1v) is 9.86. The lowest BCUT2D eigenvalue weighted by Gasteiger charge is -2.44. The molecule has 4 heteroatoms. The van der Waals surface area contributed by atoms with E-state index >= 15 is 0 Å². The van der Waals surface area contributed by atoms with Crippen molar-refractivity contribution in [2.45, 2.75) is 63.6 Å². The Hall–Kier alpha value is -1.00. The second-order valence-corrected chi connectivity index (χ2v) is 8.12. The minimum absolute atomic E-state index is 0.301. The lowest BCUT2D eigenvalue weighted by molar-refractivity contribution is -1.05. The van der Waals surface area contributed by atoms with Crippen LogP contribution in [0.5, 0.6) is 0 Å². The molecule has 2 nitrogen and oxygen atoms in total. The Balaban J connectivity index is 1.59. The standard InChI is InChI=1S/C20H28F2N2/c21-17-8-4-9-18(22)16(17)14-24-13-12-23-11-5-10-19(23)20(24)15-6-2-1-3-7-15/h4,8-9,15,19-20H,1-3,5-7,10-14H2/p+2/t19-,20+/m1/s1. The molecule has 2 heterocycles. The molecule has 24 heavy (non-hydrogen) atoms. The molecular weight excluding hydrogens is 306 g/mol. The van der Waals surface area contributed by atoms with Crippen LogP contribution in [-0.4, -0.2) is 31.7 Å². The van der Waals surface area contributed by atoms with E-state index in [0.717, 1.165) is 12.5 Å². The fraction of sp³-hybridized carbons (Fsp3) is 0.700. The molecule has 1 aromatic carbocycles. The molecule has 0 aromatic heterocycles. The largest absolute Gasteiger partial charge is 0.323 e. The Morgan fingerprint density at radius 2 is 1.62 bits per heavy atom. The average Bonchev–Trinajstić information content (AvgIpc) is 3.07. The minimum atomic E-state index is -0.369. The van der Waals surface area contributed by atoms with Gasteiger partial charge in [-0.2, -0.15) is 0 Å². The van der Waals surface area contributed by atoms with Gasteiger partial charge in [0.15, 0.2) is 0 Å². The lowest BCUT2D eigenvalue weighted by Crippen LogP contribution is -3.32. The molecular formula is C20H30F2N2+2. The van der Waals surface area contributed by atoms with Gasteiger partial charge in [-0.3, -0.25) is 0 Å². The molecule has 4 rings (SSSR count). The molecule has 1 aliphatic carbocycles. The average molecular weight is 336 g/mol. The summed E-state index contributed by atoms with van der Waals surface area (Å²) in [5.74, 6) is 0.0131. The van der Waals surface area contributed by atoms with Gasteiger partial charge in [0.2, 0.25) is 0 Å². The molecule has 2 unspecified atom stereocenters. The normalized spacial score (nSPS) is 34.2. The summed E-state index contributed by atoms with van der Waals surface area (Å²) in [6, 6.07) is 5.60. The summed E-state index contributed by atoms with van der Waals surface area (Å²) >= 11 is 0. The van der Waals surface area contributed by atoms with E-state index in [4.69, 9.17) is 0 Å². The summed E-state index contributed by atoms with van der Waals surface area (Å²) in [5, 5.41) is 0. The summed E-state index contributed by atoms with van der Waals surface area (Å²) in [7, 11) is 0. The third-order valence-electron chi connectivity index (χ3n) is 6.83. The van der Waals surface area contributed by atoms with Gasteiger partial charge in [0.05, 0.1) is 12.1 Å². The molecule has 1 aromatic rings. The number of fused-ring (bicyclic) bond motifs is 1. The highest BCUT2D eigenvalue weighted by molar-refractivity contribution is 5.18. The highest BCUT2D eigenvalue weighted by atomic mass is 19.1. The zero-order valence-corrected chi connectivity index (χ0v) is 14.5. The Bertz CT molecular complexity index is 551. The van der Waals surface area contributed by atoms with E-state index in [9.17, 15) is 8.78 Å². The highest BCUT2D eigenvalue weighted by Gasteiger charge is 2.49. The fourth-order valence-electron chi connectivity index (χ4n) is 5.74.